The number of benzene rings is 1. The Kier molecular flexibility index (Phi) is 5.55. The highest BCUT2D eigenvalue weighted by molar-refractivity contribution is 7.98. The van der Waals surface area contributed by atoms with Gasteiger partial charge in [0.2, 0.25) is 0 Å². The molecule has 3 nitrogen and oxygen atoms in total. The highest BCUT2D eigenvalue weighted by Crippen LogP contribution is 2.29. The average Bonchev–Trinajstić information content (AvgIpc) is 2.46. The first-order chi connectivity index (χ1) is 9.24. The van der Waals surface area contributed by atoms with Crippen molar-refractivity contribution in [3.8, 4) is 5.75 Å². The van der Waals surface area contributed by atoms with Gasteiger partial charge < -0.3 is 15.0 Å². The maximum Gasteiger partial charge on any atom is 0.122 e. The highest BCUT2D eigenvalue weighted by atomic mass is 32.2. The fraction of sp³-hybridized carbons (Fsp3) is 0.600. The fourth-order valence-electron chi connectivity index (χ4n) is 2.52. The predicted octanol–water partition coefficient (Wildman–Crippen LogP) is 2.17. The van der Waals surface area contributed by atoms with Crippen molar-refractivity contribution in [3.63, 3.8) is 0 Å². The van der Waals surface area contributed by atoms with Gasteiger partial charge in [-0.1, -0.05) is 0 Å². The lowest BCUT2D eigenvalue weighted by atomic mass is 10.1. The summed E-state index contributed by atoms with van der Waals surface area (Å²) in [4.78, 5) is 3.92. The van der Waals surface area contributed by atoms with Gasteiger partial charge >= 0.3 is 0 Å². The van der Waals surface area contributed by atoms with Gasteiger partial charge in [-0.25, -0.2) is 0 Å². The Morgan fingerprint density at radius 1 is 1.32 bits per heavy atom. The van der Waals surface area contributed by atoms with Gasteiger partial charge in [0.05, 0.1) is 7.11 Å². The van der Waals surface area contributed by atoms with Gasteiger partial charge in [-0.2, -0.15) is 0 Å². The normalized spacial score (nSPS) is 16.6. The zero-order valence-corrected chi connectivity index (χ0v) is 13.0. The Morgan fingerprint density at radius 3 is 2.68 bits per heavy atom. The summed E-state index contributed by atoms with van der Waals surface area (Å²) in [6.45, 7) is 7.81. The third kappa shape index (κ3) is 3.88. The van der Waals surface area contributed by atoms with Gasteiger partial charge in [-0.05, 0) is 42.9 Å². The van der Waals surface area contributed by atoms with Crippen LogP contribution in [0.15, 0.2) is 17.0 Å². The summed E-state index contributed by atoms with van der Waals surface area (Å²) in [6.07, 6.45) is 3.25. The number of rotatable bonds is 5. The van der Waals surface area contributed by atoms with Gasteiger partial charge in [0.15, 0.2) is 0 Å². The van der Waals surface area contributed by atoms with Crippen LogP contribution in [0, 0.1) is 6.92 Å². The van der Waals surface area contributed by atoms with Crippen molar-refractivity contribution in [2.45, 2.75) is 18.2 Å². The van der Waals surface area contributed by atoms with E-state index in [4.69, 9.17) is 4.74 Å². The smallest absolute Gasteiger partial charge is 0.122 e. The van der Waals surface area contributed by atoms with Crippen LogP contribution in [0.2, 0.25) is 0 Å². The summed E-state index contributed by atoms with van der Waals surface area (Å²) in [5, 5.41) is 3.40. The molecule has 1 fully saturated rings. The quantitative estimate of drug-likeness (QED) is 0.836. The Bertz CT molecular complexity index is 417. The number of methoxy groups -OCH3 is 1. The van der Waals surface area contributed by atoms with Crippen LogP contribution in [0.3, 0.4) is 0 Å². The molecule has 106 valence electrons. The van der Waals surface area contributed by atoms with Crippen molar-refractivity contribution < 1.29 is 4.74 Å². The monoisotopic (exact) mass is 280 g/mol. The van der Waals surface area contributed by atoms with Crippen LogP contribution in [0.1, 0.15) is 11.1 Å². The molecule has 1 N–H and O–H groups in total. The number of hydrogen-bond donors (Lipinski definition) is 1. The van der Waals surface area contributed by atoms with Crippen molar-refractivity contribution in [2.75, 3.05) is 46.1 Å². The molecule has 1 aliphatic heterocycles. The van der Waals surface area contributed by atoms with Crippen molar-refractivity contribution in [3.05, 3.63) is 23.3 Å². The maximum atomic E-state index is 5.44. The van der Waals surface area contributed by atoms with Gasteiger partial charge in [0, 0.05) is 37.6 Å². The molecule has 19 heavy (non-hydrogen) atoms. The van der Waals surface area contributed by atoms with Crippen molar-refractivity contribution in [1.82, 2.24) is 10.2 Å². The van der Waals surface area contributed by atoms with Crippen LogP contribution >= 0.6 is 11.8 Å². The number of ether oxygens (including phenoxy) is 1. The van der Waals surface area contributed by atoms with E-state index < -0.39 is 0 Å². The van der Waals surface area contributed by atoms with Crippen molar-refractivity contribution in [2.24, 2.45) is 0 Å². The van der Waals surface area contributed by atoms with Crippen LogP contribution in [0.25, 0.3) is 0 Å². The molecule has 4 heteroatoms. The number of aryl methyl sites for hydroxylation is 1. The molecule has 0 bridgehead atoms. The van der Waals surface area contributed by atoms with Crippen molar-refractivity contribution >= 4 is 11.8 Å². The molecule has 1 aliphatic rings. The second-order valence-corrected chi connectivity index (χ2v) is 5.82. The Balaban J connectivity index is 2.05. The van der Waals surface area contributed by atoms with Gasteiger partial charge in [-0.3, -0.25) is 0 Å². The minimum atomic E-state index is 1.01. The molecule has 2 rings (SSSR count). The van der Waals surface area contributed by atoms with Crippen LogP contribution in [0.5, 0.6) is 5.75 Å². The van der Waals surface area contributed by atoms with Crippen LogP contribution in [-0.2, 0) is 6.42 Å². The molecule has 1 aromatic rings. The summed E-state index contributed by atoms with van der Waals surface area (Å²) in [7, 11) is 1.75. The average molecular weight is 280 g/mol. The zero-order valence-electron chi connectivity index (χ0n) is 12.2. The largest absolute Gasteiger partial charge is 0.496 e. The summed E-state index contributed by atoms with van der Waals surface area (Å²) in [5.74, 6) is 1.01. The van der Waals surface area contributed by atoms with E-state index >= 15 is 0 Å². The van der Waals surface area contributed by atoms with E-state index in [0.29, 0.717) is 0 Å². The number of thioether (sulfide) groups is 1. The maximum absolute atomic E-state index is 5.44. The van der Waals surface area contributed by atoms with Gasteiger partial charge in [0.25, 0.3) is 0 Å². The standard InChI is InChI=1S/C15H24N2OS/c1-12-10-15(19-3)13(11-14(12)18-2)4-7-17-8-5-16-6-9-17/h10-11,16H,4-9H2,1-3H3. The number of nitrogens with one attached hydrogen (secondary N) is 1. The first-order valence-electron chi connectivity index (χ1n) is 6.89. The summed E-state index contributed by atoms with van der Waals surface area (Å²) in [6, 6.07) is 4.46. The molecule has 0 radical (unpaired) electrons. The van der Waals surface area contributed by atoms with E-state index in [2.05, 4.69) is 35.5 Å². The van der Waals surface area contributed by atoms with E-state index in [1.165, 1.54) is 16.0 Å². The lowest BCUT2D eigenvalue weighted by Crippen LogP contribution is -2.44. The third-order valence-corrected chi connectivity index (χ3v) is 4.52. The molecule has 1 saturated heterocycles. The molecule has 0 aliphatic carbocycles. The molecule has 1 aromatic carbocycles. The first-order valence-corrected chi connectivity index (χ1v) is 8.11. The third-order valence-electron chi connectivity index (χ3n) is 3.70. The van der Waals surface area contributed by atoms with E-state index in [0.717, 1.165) is 44.9 Å². The molecule has 0 aromatic heterocycles. The second kappa shape index (κ2) is 7.17. The first kappa shape index (κ1) is 14.7. The summed E-state index contributed by atoms with van der Waals surface area (Å²) < 4.78 is 5.44. The Labute approximate surface area is 120 Å². The van der Waals surface area contributed by atoms with Crippen LogP contribution in [-0.4, -0.2) is 51.0 Å². The van der Waals surface area contributed by atoms with E-state index in [1.807, 2.05) is 11.8 Å². The van der Waals surface area contributed by atoms with Crippen molar-refractivity contribution in [1.29, 1.82) is 0 Å². The van der Waals surface area contributed by atoms with E-state index in [9.17, 15) is 0 Å². The predicted molar refractivity (Wildman–Crippen MR) is 82.5 cm³/mol. The van der Waals surface area contributed by atoms with E-state index in [1.54, 1.807) is 7.11 Å². The molecule has 0 unspecified atom stereocenters. The Morgan fingerprint density at radius 2 is 2.05 bits per heavy atom. The number of nitrogens with zero attached hydrogens (tertiary/aromatic N) is 1. The van der Waals surface area contributed by atoms with Gasteiger partial charge in [-0.15, -0.1) is 11.8 Å². The molecule has 1 heterocycles. The molecular weight excluding hydrogens is 256 g/mol. The van der Waals surface area contributed by atoms with E-state index in [-0.39, 0.29) is 0 Å². The lowest BCUT2D eigenvalue weighted by molar-refractivity contribution is 0.243. The molecule has 0 saturated carbocycles. The Hall–Kier alpha value is -0.710. The zero-order chi connectivity index (χ0) is 13.7. The SMILES string of the molecule is COc1cc(CCN2CCNCC2)c(SC)cc1C. The summed E-state index contributed by atoms with van der Waals surface area (Å²) >= 11 is 1.83. The van der Waals surface area contributed by atoms with Crippen LogP contribution in [0.4, 0.5) is 0 Å². The minimum Gasteiger partial charge on any atom is -0.496 e. The van der Waals surface area contributed by atoms with Crippen LogP contribution < -0.4 is 10.1 Å². The fourth-order valence-corrected chi connectivity index (χ4v) is 3.24. The molecule has 0 spiro atoms. The van der Waals surface area contributed by atoms with Gasteiger partial charge in [0.1, 0.15) is 5.75 Å². The molecular formula is C15H24N2OS. The highest BCUT2D eigenvalue weighted by Gasteiger charge is 2.12. The second-order valence-electron chi connectivity index (χ2n) is 4.98. The molecule has 0 amide bonds. The molecule has 0 atom stereocenters. The summed E-state index contributed by atoms with van der Waals surface area (Å²) in [5.41, 5.74) is 2.63. The minimum absolute atomic E-state index is 1.01. The topological polar surface area (TPSA) is 24.5 Å². The lowest BCUT2D eigenvalue weighted by Gasteiger charge is -2.27. The number of piperazine rings is 1. The number of hydrogen-bond acceptors (Lipinski definition) is 4.